The molecule has 0 unspecified atom stereocenters. The first-order chi connectivity index (χ1) is 6.66. The molecule has 14 heavy (non-hydrogen) atoms. The van der Waals surface area contributed by atoms with Crippen LogP contribution in [0.5, 0.6) is 0 Å². The molecule has 0 aliphatic heterocycles. The number of aryl methyl sites for hydroxylation is 2. The Morgan fingerprint density at radius 1 is 1.57 bits per heavy atom. The van der Waals surface area contributed by atoms with Gasteiger partial charge in [0.25, 0.3) is 0 Å². The summed E-state index contributed by atoms with van der Waals surface area (Å²) in [4.78, 5) is 14.1. The Bertz CT molecular complexity index is 366. The summed E-state index contributed by atoms with van der Waals surface area (Å²) in [5.74, 6) is 0.233. The average molecular weight is 206 g/mol. The van der Waals surface area contributed by atoms with E-state index in [9.17, 15) is 4.79 Å². The number of carbonyl (C=O) groups excluding carboxylic acids is 1. The molecule has 0 bridgehead atoms. The Morgan fingerprint density at radius 3 is 3.00 bits per heavy atom. The lowest BCUT2D eigenvalue weighted by Gasteiger charge is -1.95. The van der Waals surface area contributed by atoms with E-state index >= 15 is 0 Å². The van der Waals surface area contributed by atoms with Gasteiger partial charge in [0.1, 0.15) is 0 Å². The number of allylic oxidation sites excluding steroid dienone is 1. The maximum Gasteiger partial charge on any atom is 0.176 e. The molecule has 0 aromatic carbocycles. The van der Waals surface area contributed by atoms with Crippen LogP contribution in [0.25, 0.3) is 0 Å². The molecule has 0 saturated heterocycles. The van der Waals surface area contributed by atoms with E-state index in [-0.39, 0.29) is 5.78 Å². The molecule has 0 amide bonds. The van der Waals surface area contributed by atoms with Crippen LogP contribution in [0.3, 0.4) is 0 Å². The molecular weight excluding hydrogens is 192 g/mol. The molecule has 0 spiro atoms. The molecule has 1 nitrogen and oxygen atoms in total. The van der Waals surface area contributed by atoms with Crippen molar-refractivity contribution in [1.82, 2.24) is 0 Å². The van der Waals surface area contributed by atoms with Gasteiger partial charge in [0, 0.05) is 11.3 Å². The highest BCUT2D eigenvalue weighted by Gasteiger charge is 2.17. The fraction of sp³-hybridized carbons (Fsp3) is 0.417. The number of hydrogen-bond acceptors (Lipinski definition) is 2. The second-order valence-electron chi connectivity index (χ2n) is 3.97. The molecule has 1 aromatic rings. The van der Waals surface area contributed by atoms with Crippen molar-refractivity contribution in [2.24, 2.45) is 0 Å². The van der Waals surface area contributed by atoms with Crippen LogP contribution in [-0.2, 0) is 12.8 Å². The van der Waals surface area contributed by atoms with Crippen LogP contribution in [0.1, 0.15) is 39.9 Å². The maximum absolute atomic E-state index is 11.7. The lowest BCUT2D eigenvalue weighted by molar-refractivity contribution is 0.0997. The normalized spacial score (nSPS) is 14.1. The maximum atomic E-state index is 11.7. The van der Waals surface area contributed by atoms with Crippen LogP contribution in [0, 0.1) is 0 Å². The average Bonchev–Trinajstić information content (AvgIpc) is 2.58. The summed E-state index contributed by atoms with van der Waals surface area (Å²) in [6.45, 7) is 5.67. The first kappa shape index (κ1) is 9.66. The van der Waals surface area contributed by atoms with Crippen molar-refractivity contribution in [3.8, 4) is 0 Å². The van der Waals surface area contributed by atoms with Crippen molar-refractivity contribution >= 4 is 17.1 Å². The van der Waals surface area contributed by atoms with Crippen molar-refractivity contribution in [2.45, 2.75) is 32.6 Å². The summed E-state index contributed by atoms with van der Waals surface area (Å²) in [5, 5.41) is 0. The molecule has 74 valence electrons. The van der Waals surface area contributed by atoms with Gasteiger partial charge in [0.05, 0.1) is 4.88 Å². The van der Waals surface area contributed by atoms with Crippen LogP contribution in [0.4, 0.5) is 0 Å². The van der Waals surface area contributed by atoms with E-state index in [0.29, 0.717) is 6.42 Å². The lowest BCUT2D eigenvalue weighted by atomic mass is 10.1. The van der Waals surface area contributed by atoms with Gasteiger partial charge in [-0.1, -0.05) is 12.2 Å². The second-order valence-corrected chi connectivity index (χ2v) is 5.11. The third kappa shape index (κ3) is 1.80. The summed E-state index contributed by atoms with van der Waals surface area (Å²) < 4.78 is 0. The van der Waals surface area contributed by atoms with E-state index in [1.165, 1.54) is 23.3 Å². The van der Waals surface area contributed by atoms with Gasteiger partial charge in [0.2, 0.25) is 0 Å². The Labute approximate surface area is 88.5 Å². The summed E-state index contributed by atoms with van der Waals surface area (Å²) in [5.41, 5.74) is 2.35. The number of hydrogen-bond donors (Lipinski definition) is 0. The number of ketones is 1. The predicted octanol–water partition coefficient (Wildman–Crippen LogP) is 3.39. The molecule has 2 heteroatoms. The van der Waals surface area contributed by atoms with E-state index in [1.54, 1.807) is 11.3 Å². The number of thiophene rings is 1. The Balaban J connectivity index is 2.17. The topological polar surface area (TPSA) is 17.1 Å². The SMILES string of the molecule is C=C(C)CC(=O)c1cc2c(s1)CCC2. The Kier molecular flexibility index (Phi) is 2.55. The minimum atomic E-state index is 0.233. The monoisotopic (exact) mass is 206 g/mol. The summed E-state index contributed by atoms with van der Waals surface area (Å²) >= 11 is 1.68. The third-order valence-electron chi connectivity index (χ3n) is 2.48. The first-order valence-corrected chi connectivity index (χ1v) is 5.77. The molecule has 1 heterocycles. The third-order valence-corrected chi connectivity index (χ3v) is 3.76. The van der Waals surface area contributed by atoms with E-state index in [0.717, 1.165) is 16.9 Å². The van der Waals surface area contributed by atoms with Crippen LogP contribution < -0.4 is 0 Å². The second kappa shape index (κ2) is 3.70. The lowest BCUT2D eigenvalue weighted by Crippen LogP contribution is -1.95. The van der Waals surface area contributed by atoms with Crippen molar-refractivity contribution < 1.29 is 4.79 Å². The zero-order valence-corrected chi connectivity index (χ0v) is 9.25. The van der Waals surface area contributed by atoms with Crippen molar-refractivity contribution in [3.63, 3.8) is 0 Å². The molecule has 1 aliphatic rings. The summed E-state index contributed by atoms with van der Waals surface area (Å²) in [7, 11) is 0. The Morgan fingerprint density at radius 2 is 2.36 bits per heavy atom. The molecule has 2 rings (SSSR count). The molecule has 0 radical (unpaired) electrons. The highest BCUT2D eigenvalue weighted by molar-refractivity contribution is 7.14. The van der Waals surface area contributed by atoms with Gasteiger partial charge in [-0.2, -0.15) is 0 Å². The zero-order valence-electron chi connectivity index (χ0n) is 8.43. The predicted molar refractivity (Wildman–Crippen MR) is 60.1 cm³/mol. The molecule has 0 fully saturated rings. The van der Waals surface area contributed by atoms with E-state index in [2.05, 4.69) is 12.6 Å². The molecule has 0 saturated carbocycles. The van der Waals surface area contributed by atoms with Crippen LogP contribution in [0.15, 0.2) is 18.2 Å². The smallest absolute Gasteiger partial charge is 0.176 e. The van der Waals surface area contributed by atoms with E-state index < -0.39 is 0 Å². The van der Waals surface area contributed by atoms with Gasteiger partial charge in [-0.3, -0.25) is 4.79 Å². The van der Waals surface area contributed by atoms with Crippen molar-refractivity contribution in [2.75, 3.05) is 0 Å². The van der Waals surface area contributed by atoms with Crippen LogP contribution in [0.2, 0.25) is 0 Å². The molecule has 0 N–H and O–H groups in total. The number of fused-ring (bicyclic) bond motifs is 1. The van der Waals surface area contributed by atoms with E-state index in [1.807, 2.05) is 6.92 Å². The highest BCUT2D eigenvalue weighted by atomic mass is 32.1. The number of carbonyl (C=O) groups is 1. The van der Waals surface area contributed by atoms with Gasteiger partial charge < -0.3 is 0 Å². The molecule has 1 aliphatic carbocycles. The van der Waals surface area contributed by atoms with Gasteiger partial charge in [0.15, 0.2) is 5.78 Å². The fourth-order valence-electron chi connectivity index (χ4n) is 1.83. The standard InChI is InChI=1S/C12H14OS/c1-8(2)6-10(13)12-7-9-4-3-5-11(9)14-12/h7H,1,3-6H2,2H3. The zero-order chi connectivity index (χ0) is 10.1. The van der Waals surface area contributed by atoms with Crippen LogP contribution >= 0.6 is 11.3 Å². The minimum Gasteiger partial charge on any atom is -0.293 e. The summed E-state index contributed by atoms with van der Waals surface area (Å²) in [6, 6.07) is 2.08. The van der Waals surface area contributed by atoms with Gasteiger partial charge in [-0.15, -0.1) is 11.3 Å². The number of rotatable bonds is 3. The highest BCUT2D eigenvalue weighted by Crippen LogP contribution is 2.31. The van der Waals surface area contributed by atoms with Crippen molar-refractivity contribution in [3.05, 3.63) is 33.5 Å². The van der Waals surface area contributed by atoms with Gasteiger partial charge in [-0.25, -0.2) is 0 Å². The quantitative estimate of drug-likeness (QED) is 0.547. The van der Waals surface area contributed by atoms with Crippen LogP contribution in [-0.4, -0.2) is 5.78 Å². The van der Waals surface area contributed by atoms with Gasteiger partial charge in [-0.05, 0) is 37.8 Å². The molecular formula is C12H14OS. The summed E-state index contributed by atoms with van der Waals surface area (Å²) in [6.07, 6.45) is 4.09. The van der Waals surface area contributed by atoms with E-state index in [4.69, 9.17) is 0 Å². The Hall–Kier alpha value is -0.890. The first-order valence-electron chi connectivity index (χ1n) is 4.96. The molecule has 0 atom stereocenters. The number of Topliss-reactive ketones (excluding diaryl/α,β-unsaturated/α-hetero) is 1. The fourth-order valence-corrected chi connectivity index (χ4v) is 3.02. The minimum absolute atomic E-state index is 0.233. The van der Waals surface area contributed by atoms with Crippen molar-refractivity contribution in [1.29, 1.82) is 0 Å². The molecule has 1 aromatic heterocycles. The van der Waals surface area contributed by atoms with Gasteiger partial charge >= 0.3 is 0 Å². The largest absolute Gasteiger partial charge is 0.293 e.